The SMILES string of the molecule is C=CC1(C(=O)O)C=CC(C(=O)O)C(C(=O)O)=C1. The summed E-state index contributed by atoms with van der Waals surface area (Å²) in [6.45, 7) is 3.32. The number of carbonyl (C=O) groups is 3. The molecule has 0 heterocycles. The highest BCUT2D eigenvalue weighted by atomic mass is 16.4. The summed E-state index contributed by atoms with van der Waals surface area (Å²) >= 11 is 0. The lowest BCUT2D eigenvalue weighted by molar-refractivity contribution is -0.144. The van der Waals surface area contributed by atoms with Gasteiger partial charge in [-0.05, 0) is 6.08 Å². The maximum atomic E-state index is 11.0. The molecule has 0 aromatic rings. The zero-order valence-electron chi connectivity index (χ0n) is 8.66. The van der Waals surface area contributed by atoms with Gasteiger partial charge in [0.1, 0.15) is 11.3 Å². The first-order valence-corrected chi connectivity index (χ1v) is 4.59. The Kier molecular flexibility index (Phi) is 3.17. The van der Waals surface area contributed by atoms with Gasteiger partial charge in [-0.25, -0.2) is 4.79 Å². The van der Waals surface area contributed by atoms with E-state index in [1.807, 2.05) is 0 Å². The molecule has 0 aromatic carbocycles. The van der Waals surface area contributed by atoms with Crippen LogP contribution in [0.3, 0.4) is 0 Å². The third-order valence-corrected chi connectivity index (χ3v) is 2.52. The fraction of sp³-hybridized carbons (Fsp3) is 0.182. The Balaban J connectivity index is 3.34. The van der Waals surface area contributed by atoms with Crippen LogP contribution in [0.25, 0.3) is 0 Å². The molecule has 0 aromatic heterocycles. The molecule has 2 unspecified atom stereocenters. The van der Waals surface area contributed by atoms with Gasteiger partial charge in [-0.3, -0.25) is 9.59 Å². The van der Waals surface area contributed by atoms with Gasteiger partial charge in [0.2, 0.25) is 0 Å². The Labute approximate surface area is 96.2 Å². The van der Waals surface area contributed by atoms with Gasteiger partial charge in [0.25, 0.3) is 0 Å². The summed E-state index contributed by atoms with van der Waals surface area (Å²) in [5.74, 6) is -5.47. The van der Waals surface area contributed by atoms with Crippen LogP contribution in [0.4, 0.5) is 0 Å². The first-order valence-electron chi connectivity index (χ1n) is 4.59. The molecule has 0 bridgehead atoms. The molecule has 1 rings (SSSR count). The van der Waals surface area contributed by atoms with E-state index in [0.29, 0.717) is 0 Å². The summed E-state index contributed by atoms with van der Waals surface area (Å²) in [6.07, 6.45) is 4.10. The Morgan fingerprint density at radius 1 is 1.29 bits per heavy atom. The van der Waals surface area contributed by atoms with Crippen LogP contribution in [0.15, 0.2) is 36.5 Å². The highest BCUT2D eigenvalue weighted by molar-refractivity contribution is 5.98. The second-order valence-electron chi connectivity index (χ2n) is 3.52. The van der Waals surface area contributed by atoms with Crippen LogP contribution < -0.4 is 0 Å². The van der Waals surface area contributed by atoms with E-state index in [0.717, 1.165) is 24.3 Å². The summed E-state index contributed by atoms with van der Waals surface area (Å²) < 4.78 is 0. The Bertz CT molecular complexity index is 459. The van der Waals surface area contributed by atoms with Gasteiger partial charge < -0.3 is 15.3 Å². The van der Waals surface area contributed by atoms with Crippen LogP contribution in [-0.2, 0) is 14.4 Å². The predicted octanol–water partition coefficient (Wildman–Crippen LogP) is 0.525. The number of carboxylic acids is 3. The van der Waals surface area contributed by atoms with Crippen molar-refractivity contribution in [2.45, 2.75) is 0 Å². The molecular weight excluding hydrogens is 228 g/mol. The fourth-order valence-electron chi connectivity index (χ4n) is 1.51. The minimum atomic E-state index is -1.67. The van der Waals surface area contributed by atoms with Crippen LogP contribution in [0.2, 0.25) is 0 Å². The van der Waals surface area contributed by atoms with E-state index in [1.165, 1.54) is 0 Å². The van der Waals surface area contributed by atoms with Gasteiger partial charge in [-0.2, -0.15) is 0 Å². The number of rotatable bonds is 4. The molecule has 0 saturated carbocycles. The van der Waals surface area contributed by atoms with Crippen LogP contribution in [0.1, 0.15) is 0 Å². The van der Waals surface area contributed by atoms with E-state index in [9.17, 15) is 14.4 Å². The minimum Gasteiger partial charge on any atom is -0.481 e. The van der Waals surface area contributed by atoms with Crippen molar-refractivity contribution < 1.29 is 29.7 Å². The average molecular weight is 238 g/mol. The molecule has 3 N–H and O–H groups in total. The molecule has 0 aliphatic heterocycles. The maximum Gasteiger partial charge on any atom is 0.332 e. The lowest BCUT2D eigenvalue weighted by atomic mass is 9.77. The normalized spacial score (nSPS) is 27.1. The number of hydrogen-bond donors (Lipinski definition) is 3. The topological polar surface area (TPSA) is 112 Å². The van der Waals surface area contributed by atoms with Crippen LogP contribution in [-0.4, -0.2) is 33.2 Å². The molecule has 0 spiro atoms. The van der Waals surface area contributed by atoms with E-state index >= 15 is 0 Å². The third kappa shape index (κ3) is 2.10. The standard InChI is InChI=1S/C11H10O6/c1-2-11(10(16)17)4-3-6(8(12)13)7(5-11)9(14)15/h2-6H,1H2,(H,12,13)(H,14,15)(H,16,17). The zero-order valence-corrected chi connectivity index (χ0v) is 8.66. The zero-order chi connectivity index (χ0) is 13.2. The lowest BCUT2D eigenvalue weighted by Gasteiger charge is -2.24. The second-order valence-corrected chi connectivity index (χ2v) is 3.52. The molecule has 0 amide bonds. The molecule has 90 valence electrons. The van der Waals surface area contributed by atoms with Gasteiger partial charge in [0.05, 0.1) is 5.57 Å². The first kappa shape index (κ1) is 12.7. The van der Waals surface area contributed by atoms with Crippen molar-refractivity contribution >= 4 is 17.9 Å². The Morgan fingerprint density at radius 3 is 2.24 bits per heavy atom. The summed E-state index contributed by atoms with van der Waals surface area (Å²) in [5, 5.41) is 26.7. The van der Waals surface area contributed by atoms with Gasteiger partial charge in [0.15, 0.2) is 0 Å². The second kappa shape index (κ2) is 4.25. The van der Waals surface area contributed by atoms with E-state index in [-0.39, 0.29) is 0 Å². The van der Waals surface area contributed by atoms with E-state index in [2.05, 4.69) is 6.58 Å². The number of hydrogen-bond acceptors (Lipinski definition) is 3. The summed E-state index contributed by atoms with van der Waals surface area (Å²) in [5.41, 5.74) is -2.15. The molecule has 0 radical (unpaired) electrons. The monoisotopic (exact) mass is 238 g/mol. The minimum absolute atomic E-state index is 0.484. The average Bonchev–Trinajstić information content (AvgIpc) is 2.27. The van der Waals surface area contributed by atoms with Crippen molar-refractivity contribution in [3.8, 4) is 0 Å². The highest BCUT2D eigenvalue weighted by Crippen LogP contribution is 2.33. The Morgan fingerprint density at radius 2 is 1.88 bits per heavy atom. The molecule has 17 heavy (non-hydrogen) atoms. The van der Waals surface area contributed by atoms with E-state index in [1.54, 1.807) is 0 Å². The van der Waals surface area contributed by atoms with Crippen LogP contribution in [0, 0.1) is 11.3 Å². The van der Waals surface area contributed by atoms with Gasteiger partial charge in [0, 0.05) is 0 Å². The third-order valence-electron chi connectivity index (χ3n) is 2.52. The van der Waals surface area contributed by atoms with Crippen molar-refractivity contribution in [3.63, 3.8) is 0 Å². The molecule has 1 aliphatic carbocycles. The summed E-state index contributed by atoms with van der Waals surface area (Å²) in [6, 6.07) is 0. The highest BCUT2D eigenvalue weighted by Gasteiger charge is 2.39. The molecule has 0 fully saturated rings. The molecule has 6 nitrogen and oxygen atoms in total. The summed E-state index contributed by atoms with van der Waals surface area (Å²) in [7, 11) is 0. The smallest absolute Gasteiger partial charge is 0.332 e. The number of carboxylic acid groups (broad SMARTS) is 3. The largest absolute Gasteiger partial charge is 0.481 e. The van der Waals surface area contributed by atoms with E-state index in [4.69, 9.17) is 15.3 Å². The summed E-state index contributed by atoms with van der Waals surface area (Å²) in [4.78, 5) is 32.8. The fourth-order valence-corrected chi connectivity index (χ4v) is 1.51. The maximum absolute atomic E-state index is 11.0. The quantitative estimate of drug-likeness (QED) is 0.616. The van der Waals surface area contributed by atoms with E-state index < -0.39 is 34.8 Å². The number of aliphatic carboxylic acids is 3. The lowest BCUT2D eigenvalue weighted by Crippen LogP contribution is -2.32. The van der Waals surface area contributed by atoms with Crippen molar-refractivity contribution in [1.29, 1.82) is 0 Å². The van der Waals surface area contributed by atoms with Gasteiger partial charge in [-0.1, -0.05) is 18.2 Å². The molecule has 2 atom stereocenters. The van der Waals surface area contributed by atoms with Gasteiger partial charge in [-0.15, -0.1) is 6.58 Å². The van der Waals surface area contributed by atoms with Crippen molar-refractivity contribution in [1.82, 2.24) is 0 Å². The van der Waals surface area contributed by atoms with Gasteiger partial charge >= 0.3 is 17.9 Å². The molecule has 1 aliphatic rings. The predicted molar refractivity (Wildman–Crippen MR) is 56.3 cm³/mol. The molecule has 0 saturated heterocycles. The van der Waals surface area contributed by atoms with Crippen LogP contribution >= 0.6 is 0 Å². The van der Waals surface area contributed by atoms with Crippen molar-refractivity contribution in [2.75, 3.05) is 0 Å². The van der Waals surface area contributed by atoms with Crippen molar-refractivity contribution in [2.24, 2.45) is 11.3 Å². The molecule has 6 heteroatoms. The first-order chi connectivity index (χ1) is 7.84. The molecular formula is C11H10O6. The van der Waals surface area contributed by atoms with Crippen molar-refractivity contribution in [3.05, 3.63) is 36.5 Å². The Hall–Kier alpha value is -2.37. The van der Waals surface area contributed by atoms with Crippen LogP contribution in [0.5, 0.6) is 0 Å².